The summed E-state index contributed by atoms with van der Waals surface area (Å²) in [6.07, 6.45) is 7.00. The Hall–Kier alpha value is -2.76. The number of anilines is 1. The van der Waals surface area contributed by atoms with Gasteiger partial charge in [-0.1, -0.05) is 56.3 Å². The van der Waals surface area contributed by atoms with Gasteiger partial charge < -0.3 is 10.0 Å². The molecule has 1 aliphatic carbocycles. The van der Waals surface area contributed by atoms with Crippen LogP contribution >= 0.6 is 0 Å². The van der Waals surface area contributed by atoms with Crippen LogP contribution in [0.5, 0.6) is 0 Å². The first kappa shape index (κ1) is 26.8. The van der Waals surface area contributed by atoms with Crippen molar-refractivity contribution in [3.63, 3.8) is 0 Å². The Morgan fingerprint density at radius 1 is 1.00 bits per heavy atom. The summed E-state index contributed by atoms with van der Waals surface area (Å²) >= 11 is 0. The first-order valence-corrected chi connectivity index (χ1v) is 14.5. The third-order valence-corrected chi connectivity index (χ3v) is 8.83. The monoisotopic (exact) mass is 512 g/mol. The van der Waals surface area contributed by atoms with E-state index >= 15 is 0 Å². The molecule has 0 bridgehead atoms. The molecule has 202 valence electrons. The molecular weight excluding hydrogens is 468 g/mol. The lowest BCUT2D eigenvalue weighted by molar-refractivity contribution is 0.0349. The maximum absolute atomic E-state index is 10.7. The summed E-state index contributed by atoms with van der Waals surface area (Å²) in [6, 6.07) is 15.9. The summed E-state index contributed by atoms with van der Waals surface area (Å²) in [7, 11) is 2.26. The van der Waals surface area contributed by atoms with Gasteiger partial charge in [-0.2, -0.15) is 0 Å². The Kier molecular flexibility index (Phi) is 7.88. The van der Waals surface area contributed by atoms with Crippen LogP contribution in [0.3, 0.4) is 0 Å². The SMILES string of the molecule is CCc1cccc(CC)c1-c1nc(C)c(CN(C)C2CCCc3ccccc32)c(N2CCC(C)(O)CC2)n1. The zero-order chi connectivity index (χ0) is 26.9. The van der Waals surface area contributed by atoms with Crippen molar-refractivity contribution in [2.45, 2.75) is 90.8 Å². The summed E-state index contributed by atoms with van der Waals surface area (Å²) in [5.74, 6) is 1.89. The molecule has 1 N–H and O–H groups in total. The lowest BCUT2D eigenvalue weighted by Gasteiger charge is -2.38. The van der Waals surface area contributed by atoms with Crippen molar-refractivity contribution in [1.29, 1.82) is 0 Å². The van der Waals surface area contributed by atoms with Gasteiger partial charge in [0.25, 0.3) is 0 Å². The molecule has 1 fully saturated rings. The van der Waals surface area contributed by atoms with Crippen LogP contribution in [0.25, 0.3) is 11.4 Å². The highest BCUT2D eigenvalue weighted by molar-refractivity contribution is 5.68. The molecule has 1 aromatic heterocycles. The average molecular weight is 513 g/mol. The first-order chi connectivity index (χ1) is 18.3. The molecular formula is C33H44N4O. The highest BCUT2D eigenvalue weighted by atomic mass is 16.3. The van der Waals surface area contributed by atoms with Crippen LogP contribution in [0.1, 0.15) is 86.0 Å². The van der Waals surface area contributed by atoms with Crippen LogP contribution in [-0.2, 0) is 25.8 Å². The average Bonchev–Trinajstić information content (AvgIpc) is 2.93. The normalized spacial score (nSPS) is 19.0. The van der Waals surface area contributed by atoms with Crippen LogP contribution in [0.2, 0.25) is 0 Å². The maximum atomic E-state index is 10.7. The molecule has 0 saturated carbocycles. The molecule has 1 aliphatic heterocycles. The molecule has 0 radical (unpaired) electrons. The third-order valence-electron chi connectivity index (χ3n) is 8.83. The Balaban J connectivity index is 1.56. The standard InChI is InChI=1S/C33H44N4O/c1-6-24-13-10-14-25(7-2)30(24)31-34-23(3)28(32(35-31)37-20-18-33(4,38)19-21-37)22-36(5)29-17-11-15-26-12-8-9-16-27(26)29/h8-10,12-14,16,29,38H,6-7,11,15,17-22H2,1-5H3. The minimum Gasteiger partial charge on any atom is -0.390 e. The molecule has 1 saturated heterocycles. The van der Waals surface area contributed by atoms with Crippen molar-refractivity contribution in [3.8, 4) is 11.4 Å². The van der Waals surface area contributed by atoms with E-state index in [-0.39, 0.29) is 0 Å². The van der Waals surface area contributed by atoms with Crippen molar-refractivity contribution in [2.24, 2.45) is 0 Å². The lowest BCUT2D eigenvalue weighted by Crippen LogP contribution is -2.43. The van der Waals surface area contributed by atoms with Gasteiger partial charge >= 0.3 is 0 Å². The van der Waals surface area contributed by atoms with Gasteiger partial charge in [-0.15, -0.1) is 0 Å². The predicted molar refractivity (Wildman–Crippen MR) is 157 cm³/mol. The first-order valence-electron chi connectivity index (χ1n) is 14.5. The molecule has 3 aromatic rings. The molecule has 1 unspecified atom stereocenters. The molecule has 5 rings (SSSR count). The van der Waals surface area contributed by atoms with Crippen molar-refractivity contribution in [3.05, 3.63) is 76.0 Å². The highest BCUT2D eigenvalue weighted by Gasteiger charge is 2.31. The largest absolute Gasteiger partial charge is 0.390 e. The second-order valence-electron chi connectivity index (χ2n) is 11.6. The van der Waals surface area contributed by atoms with Crippen molar-refractivity contribution >= 4 is 5.82 Å². The zero-order valence-electron chi connectivity index (χ0n) is 23.9. The lowest BCUT2D eigenvalue weighted by atomic mass is 9.87. The molecule has 38 heavy (non-hydrogen) atoms. The number of benzene rings is 2. The van der Waals surface area contributed by atoms with E-state index < -0.39 is 5.60 Å². The number of nitrogens with zero attached hydrogens (tertiary/aromatic N) is 4. The van der Waals surface area contributed by atoms with E-state index in [0.717, 1.165) is 62.7 Å². The number of fused-ring (bicyclic) bond motifs is 1. The second-order valence-corrected chi connectivity index (χ2v) is 11.6. The fourth-order valence-electron chi connectivity index (χ4n) is 6.42. The highest BCUT2D eigenvalue weighted by Crippen LogP contribution is 2.37. The van der Waals surface area contributed by atoms with E-state index in [4.69, 9.17) is 9.97 Å². The van der Waals surface area contributed by atoms with E-state index in [1.165, 1.54) is 52.6 Å². The van der Waals surface area contributed by atoms with Crippen LogP contribution in [0.15, 0.2) is 42.5 Å². The summed E-state index contributed by atoms with van der Waals surface area (Å²) in [4.78, 5) is 15.4. The number of piperidine rings is 1. The van der Waals surface area contributed by atoms with E-state index in [2.05, 4.69) is 80.1 Å². The number of hydrogen-bond donors (Lipinski definition) is 1. The van der Waals surface area contributed by atoms with Gasteiger partial charge in [-0.3, -0.25) is 4.90 Å². The molecule has 0 spiro atoms. The second kappa shape index (κ2) is 11.2. The van der Waals surface area contributed by atoms with Crippen LogP contribution in [-0.4, -0.2) is 45.7 Å². The van der Waals surface area contributed by atoms with Crippen LogP contribution in [0.4, 0.5) is 5.82 Å². The summed E-state index contributed by atoms with van der Waals surface area (Å²) < 4.78 is 0. The topological polar surface area (TPSA) is 52.5 Å². The molecule has 2 aromatic carbocycles. The Morgan fingerprint density at radius 2 is 1.68 bits per heavy atom. The Bertz CT molecular complexity index is 1250. The quantitative estimate of drug-likeness (QED) is 0.395. The molecule has 2 aliphatic rings. The number of aliphatic hydroxyl groups is 1. The van der Waals surface area contributed by atoms with Gasteiger partial charge in [0.1, 0.15) is 5.82 Å². The minimum absolute atomic E-state index is 0.404. The Morgan fingerprint density at radius 3 is 2.37 bits per heavy atom. The molecule has 5 heteroatoms. The van der Waals surface area contributed by atoms with E-state index in [0.29, 0.717) is 6.04 Å². The molecule has 5 nitrogen and oxygen atoms in total. The predicted octanol–water partition coefficient (Wildman–Crippen LogP) is 6.44. The number of rotatable bonds is 7. The number of hydrogen-bond acceptors (Lipinski definition) is 5. The van der Waals surface area contributed by atoms with Crippen molar-refractivity contribution in [2.75, 3.05) is 25.0 Å². The number of aryl methyl sites for hydroxylation is 4. The fourth-order valence-corrected chi connectivity index (χ4v) is 6.42. The summed E-state index contributed by atoms with van der Waals surface area (Å²) in [6.45, 7) is 11.0. The van der Waals surface area contributed by atoms with Gasteiger partial charge in [0, 0.05) is 42.5 Å². The fraction of sp³-hybridized carbons (Fsp3) is 0.515. The maximum Gasteiger partial charge on any atom is 0.162 e. The Labute approximate surface area is 228 Å². The number of aromatic nitrogens is 2. The van der Waals surface area contributed by atoms with Gasteiger partial charge in [0.05, 0.1) is 5.60 Å². The van der Waals surface area contributed by atoms with E-state index in [9.17, 15) is 5.11 Å². The van der Waals surface area contributed by atoms with Gasteiger partial charge in [-0.25, -0.2) is 9.97 Å². The van der Waals surface area contributed by atoms with Crippen molar-refractivity contribution < 1.29 is 5.11 Å². The van der Waals surface area contributed by atoms with E-state index in [1.54, 1.807) is 0 Å². The van der Waals surface area contributed by atoms with Crippen LogP contribution < -0.4 is 4.90 Å². The molecule has 1 atom stereocenters. The summed E-state index contributed by atoms with van der Waals surface area (Å²) in [5, 5.41) is 10.7. The van der Waals surface area contributed by atoms with Gasteiger partial charge in [0.15, 0.2) is 5.82 Å². The smallest absolute Gasteiger partial charge is 0.162 e. The zero-order valence-corrected chi connectivity index (χ0v) is 23.9. The summed E-state index contributed by atoms with van der Waals surface area (Å²) in [5.41, 5.74) is 8.44. The van der Waals surface area contributed by atoms with Crippen LogP contribution in [0, 0.1) is 6.92 Å². The molecule has 2 heterocycles. The third kappa shape index (κ3) is 5.37. The van der Waals surface area contributed by atoms with Gasteiger partial charge in [0.2, 0.25) is 0 Å². The van der Waals surface area contributed by atoms with Gasteiger partial charge in [-0.05, 0) is 88.1 Å². The van der Waals surface area contributed by atoms with E-state index in [1.807, 2.05) is 6.92 Å². The minimum atomic E-state index is -0.603. The molecule has 0 amide bonds. The van der Waals surface area contributed by atoms with Crippen molar-refractivity contribution in [1.82, 2.24) is 14.9 Å².